The molecule has 3 aromatic rings. The van der Waals surface area contributed by atoms with Crippen molar-refractivity contribution in [3.8, 4) is 0 Å². The van der Waals surface area contributed by atoms with E-state index in [4.69, 9.17) is 16.0 Å². The Labute approximate surface area is 139 Å². The largest absolute Gasteiger partial charge is 0.436 e. The molecule has 1 N–H and O–H groups in total. The van der Waals surface area contributed by atoms with Gasteiger partial charge in [0.25, 0.3) is 0 Å². The quantitative estimate of drug-likeness (QED) is 0.519. The van der Waals surface area contributed by atoms with Gasteiger partial charge in [0.15, 0.2) is 11.9 Å². The zero-order chi connectivity index (χ0) is 15.5. The first-order valence-electron chi connectivity index (χ1n) is 6.39. The Bertz CT molecular complexity index is 856. The van der Waals surface area contributed by atoms with E-state index in [2.05, 4.69) is 26.2 Å². The number of nitrogens with zero attached hydrogens (tertiary/aromatic N) is 1. The minimum absolute atomic E-state index is 0.247. The van der Waals surface area contributed by atoms with Gasteiger partial charge in [-0.25, -0.2) is 4.98 Å². The molecule has 0 aliphatic rings. The van der Waals surface area contributed by atoms with Crippen molar-refractivity contribution in [2.75, 3.05) is 5.32 Å². The topological polar surface area (TPSA) is 55.1 Å². The molecule has 0 aliphatic heterocycles. The van der Waals surface area contributed by atoms with Crippen LogP contribution in [0.3, 0.4) is 0 Å². The predicted octanol–water partition coefficient (Wildman–Crippen LogP) is 4.90. The molecule has 2 aromatic carbocycles. The maximum Gasteiger partial charge on any atom is 0.232 e. The smallest absolute Gasteiger partial charge is 0.232 e. The zero-order valence-corrected chi connectivity index (χ0v) is 13.6. The van der Waals surface area contributed by atoms with Crippen molar-refractivity contribution in [1.82, 2.24) is 4.98 Å². The van der Waals surface area contributed by atoms with E-state index in [1.165, 1.54) is 0 Å². The number of halogens is 2. The molecule has 0 bridgehead atoms. The third-order valence-electron chi connectivity index (χ3n) is 2.96. The summed E-state index contributed by atoms with van der Waals surface area (Å²) in [4.78, 5) is 15.6. The van der Waals surface area contributed by atoms with E-state index < -0.39 is 0 Å². The minimum Gasteiger partial charge on any atom is -0.436 e. The van der Waals surface area contributed by atoms with Crippen LogP contribution >= 0.6 is 27.5 Å². The van der Waals surface area contributed by atoms with Crippen LogP contribution in [0.5, 0.6) is 0 Å². The van der Waals surface area contributed by atoms with Crippen molar-refractivity contribution >= 4 is 56.2 Å². The van der Waals surface area contributed by atoms with Crippen LogP contribution in [-0.4, -0.2) is 11.3 Å². The van der Waals surface area contributed by atoms with Crippen molar-refractivity contribution in [2.45, 2.75) is 0 Å². The minimum atomic E-state index is 0.247. The predicted molar refractivity (Wildman–Crippen MR) is 90.8 cm³/mol. The number of carbonyl (C=O) groups excluding carboxylic acids is 1. The van der Waals surface area contributed by atoms with Crippen LogP contribution in [0, 0.1) is 0 Å². The molecule has 0 saturated carbocycles. The molecule has 0 aliphatic carbocycles. The Kier molecular flexibility index (Phi) is 4.27. The van der Waals surface area contributed by atoms with Gasteiger partial charge >= 0.3 is 0 Å². The number of benzene rings is 2. The molecule has 1 heterocycles. The molecular formula is C16H10BrClN2O2. The summed E-state index contributed by atoms with van der Waals surface area (Å²) in [6.07, 6.45) is 2.25. The second kappa shape index (κ2) is 6.34. The second-order valence-electron chi connectivity index (χ2n) is 4.50. The van der Waals surface area contributed by atoms with Gasteiger partial charge in [-0.05, 0) is 42.5 Å². The van der Waals surface area contributed by atoms with Crippen molar-refractivity contribution in [1.29, 1.82) is 0 Å². The van der Waals surface area contributed by atoms with Crippen LogP contribution in [0.25, 0.3) is 16.7 Å². The maximum atomic E-state index is 11.3. The SMILES string of the molecule is O=C/C(=C\Nc1ccc(Br)cc1)c1nc2cc(Cl)ccc2o1. The molecule has 110 valence electrons. The van der Waals surface area contributed by atoms with Gasteiger partial charge in [-0.1, -0.05) is 27.5 Å². The van der Waals surface area contributed by atoms with Gasteiger partial charge in [0.05, 0.1) is 5.57 Å². The summed E-state index contributed by atoms with van der Waals surface area (Å²) in [6.45, 7) is 0. The van der Waals surface area contributed by atoms with Crippen LogP contribution in [0.2, 0.25) is 5.02 Å². The fourth-order valence-corrected chi connectivity index (χ4v) is 2.31. The number of aldehydes is 1. The third kappa shape index (κ3) is 3.21. The molecule has 0 saturated heterocycles. The third-order valence-corrected chi connectivity index (χ3v) is 3.73. The van der Waals surface area contributed by atoms with Crippen molar-refractivity contribution in [3.63, 3.8) is 0 Å². The number of aromatic nitrogens is 1. The number of fused-ring (bicyclic) bond motifs is 1. The Balaban J connectivity index is 1.89. The fraction of sp³-hybridized carbons (Fsp3) is 0. The van der Waals surface area contributed by atoms with Gasteiger partial charge in [-0.2, -0.15) is 0 Å². The maximum absolute atomic E-state index is 11.3. The number of allylic oxidation sites excluding steroid dienone is 1. The lowest BCUT2D eigenvalue weighted by atomic mass is 10.3. The summed E-state index contributed by atoms with van der Waals surface area (Å²) in [7, 11) is 0. The molecule has 0 radical (unpaired) electrons. The van der Waals surface area contributed by atoms with Gasteiger partial charge in [-0.15, -0.1) is 0 Å². The standard InChI is InChI=1S/C16H10BrClN2O2/c17-11-1-4-13(5-2-11)19-8-10(9-21)16-20-14-7-12(18)3-6-15(14)22-16/h1-9,19H/b10-8+. The van der Waals surface area contributed by atoms with E-state index in [-0.39, 0.29) is 5.89 Å². The van der Waals surface area contributed by atoms with Gasteiger partial charge < -0.3 is 9.73 Å². The normalized spacial score (nSPS) is 11.6. The Morgan fingerprint density at radius 2 is 2.00 bits per heavy atom. The average molecular weight is 378 g/mol. The van der Waals surface area contributed by atoms with E-state index in [0.717, 1.165) is 10.2 Å². The van der Waals surface area contributed by atoms with E-state index in [0.29, 0.717) is 28.0 Å². The average Bonchev–Trinajstić information content (AvgIpc) is 2.92. The first-order valence-corrected chi connectivity index (χ1v) is 7.57. The highest BCUT2D eigenvalue weighted by molar-refractivity contribution is 9.10. The molecule has 3 rings (SSSR count). The molecule has 4 nitrogen and oxygen atoms in total. The molecule has 1 aromatic heterocycles. The number of hydrogen-bond acceptors (Lipinski definition) is 4. The second-order valence-corrected chi connectivity index (χ2v) is 5.85. The molecule has 6 heteroatoms. The highest BCUT2D eigenvalue weighted by Crippen LogP contribution is 2.23. The van der Waals surface area contributed by atoms with Gasteiger partial charge in [0, 0.05) is 21.4 Å². The van der Waals surface area contributed by atoms with Crippen LogP contribution in [-0.2, 0) is 4.79 Å². The highest BCUT2D eigenvalue weighted by atomic mass is 79.9. The number of nitrogens with one attached hydrogen (secondary N) is 1. The summed E-state index contributed by atoms with van der Waals surface area (Å²) in [6, 6.07) is 12.7. The Hall–Kier alpha value is -2.11. The zero-order valence-electron chi connectivity index (χ0n) is 11.2. The van der Waals surface area contributed by atoms with E-state index >= 15 is 0 Å². The molecule has 0 amide bonds. The molecule has 0 fully saturated rings. The van der Waals surface area contributed by atoms with Crippen molar-refractivity contribution < 1.29 is 9.21 Å². The summed E-state index contributed by atoms with van der Waals surface area (Å²) < 4.78 is 6.55. The van der Waals surface area contributed by atoms with E-state index in [9.17, 15) is 4.79 Å². The summed E-state index contributed by atoms with van der Waals surface area (Å²) in [5, 5.41) is 3.60. The molecule has 0 spiro atoms. The van der Waals surface area contributed by atoms with Crippen LogP contribution < -0.4 is 5.32 Å². The molecule has 0 unspecified atom stereocenters. The summed E-state index contributed by atoms with van der Waals surface area (Å²) in [5.41, 5.74) is 2.35. The van der Waals surface area contributed by atoms with Crippen LogP contribution in [0.4, 0.5) is 5.69 Å². The Morgan fingerprint density at radius 3 is 2.73 bits per heavy atom. The lowest BCUT2D eigenvalue weighted by molar-refractivity contribution is -0.103. The summed E-state index contributed by atoms with van der Waals surface area (Å²) in [5.74, 6) is 0.247. The monoisotopic (exact) mass is 376 g/mol. The number of rotatable bonds is 4. The molecular weight excluding hydrogens is 368 g/mol. The van der Waals surface area contributed by atoms with Crippen LogP contribution in [0.15, 0.2) is 57.6 Å². The van der Waals surface area contributed by atoms with Gasteiger partial charge in [-0.3, -0.25) is 4.79 Å². The van der Waals surface area contributed by atoms with Crippen molar-refractivity contribution in [2.24, 2.45) is 0 Å². The van der Waals surface area contributed by atoms with E-state index in [1.807, 2.05) is 24.3 Å². The van der Waals surface area contributed by atoms with E-state index in [1.54, 1.807) is 24.4 Å². The van der Waals surface area contributed by atoms with Gasteiger partial charge in [0.1, 0.15) is 5.52 Å². The number of oxazole rings is 1. The molecule has 22 heavy (non-hydrogen) atoms. The number of carbonyl (C=O) groups is 1. The highest BCUT2D eigenvalue weighted by Gasteiger charge is 2.10. The molecule has 0 atom stereocenters. The first kappa shape index (κ1) is 14.8. The fourth-order valence-electron chi connectivity index (χ4n) is 1.88. The lowest BCUT2D eigenvalue weighted by Crippen LogP contribution is -1.93. The Morgan fingerprint density at radius 1 is 1.23 bits per heavy atom. The summed E-state index contributed by atoms with van der Waals surface area (Å²) >= 11 is 9.28. The number of hydrogen-bond donors (Lipinski definition) is 1. The van der Waals surface area contributed by atoms with Crippen molar-refractivity contribution in [3.05, 3.63) is 64.1 Å². The number of anilines is 1. The lowest BCUT2D eigenvalue weighted by Gasteiger charge is -2.01. The first-order chi connectivity index (χ1) is 10.7. The van der Waals surface area contributed by atoms with Gasteiger partial charge in [0.2, 0.25) is 5.89 Å². The van der Waals surface area contributed by atoms with Crippen LogP contribution in [0.1, 0.15) is 5.89 Å².